The zero-order valence-corrected chi connectivity index (χ0v) is 13.4. The number of anilines is 1. The largest absolute Gasteiger partial charge is 0.383 e. The van der Waals surface area contributed by atoms with Gasteiger partial charge in [0.15, 0.2) is 6.23 Å². The minimum absolute atomic E-state index is 0.0697. The van der Waals surface area contributed by atoms with Gasteiger partial charge in [0.05, 0.1) is 6.61 Å². The number of nitrogens with two attached hydrogens (primary N) is 1. The third-order valence-electron chi connectivity index (χ3n) is 3.70. The van der Waals surface area contributed by atoms with Crippen LogP contribution in [0.15, 0.2) is 11.0 Å². The molecule has 126 valence electrons. The van der Waals surface area contributed by atoms with Crippen molar-refractivity contribution in [1.29, 1.82) is 0 Å². The molecule has 0 amide bonds. The van der Waals surface area contributed by atoms with Gasteiger partial charge in [-0.25, -0.2) is 4.79 Å². The summed E-state index contributed by atoms with van der Waals surface area (Å²) in [6, 6.07) is 0. The molecule has 8 heteroatoms. The molecule has 2 heterocycles. The first-order chi connectivity index (χ1) is 11.0. The lowest BCUT2D eigenvalue weighted by Gasteiger charge is -2.23. The number of aromatic nitrogens is 2. The molecule has 1 saturated heterocycles. The molecule has 8 nitrogen and oxygen atoms in total. The molecule has 0 aliphatic carbocycles. The van der Waals surface area contributed by atoms with Gasteiger partial charge in [0.25, 0.3) is 0 Å². The van der Waals surface area contributed by atoms with Crippen LogP contribution in [-0.4, -0.2) is 55.3 Å². The van der Waals surface area contributed by atoms with Crippen LogP contribution in [0.3, 0.4) is 0 Å². The average molecular weight is 323 g/mol. The van der Waals surface area contributed by atoms with Gasteiger partial charge in [0, 0.05) is 26.0 Å². The molecule has 1 fully saturated rings. The van der Waals surface area contributed by atoms with Gasteiger partial charge in [0.2, 0.25) is 0 Å². The Labute approximate surface area is 134 Å². The predicted molar refractivity (Wildman–Crippen MR) is 82.8 cm³/mol. The fraction of sp³-hybridized carbons (Fsp3) is 0.600. The maximum atomic E-state index is 12.2. The van der Waals surface area contributed by atoms with Crippen molar-refractivity contribution in [3.05, 3.63) is 22.2 Å². The summed E-state index contributed by atoms with van der Waals surface area (Å²) in [4.78, 5) is 16.0. The van der Waals surface area contributed by atoms with Crippen LogP contribution in [0.4, 0.5) is 5.82 Å². The normalized spacial score (nSPS) is 27.0. The fourth-order valence-electron chi connectivity index (χ4n) is 2.60. The Bertz CT molecular complexity index is 639. The average Bonchev–Trinajstić information content (AvgIpc) is 2.86. The summed E-state index contributed by atoms with van der Waals surface area (Å²) >= 11 is 0. The smallest absolute Gasteiger partial charge is 0.351 e. The highest BCUT2D eigenvalue weighted by Gasteiger charge is 2.47. The third kappa shape index (κ3) is 3.54. The molecule has 0 spiro atoms. The van der Waals surface area contributed by atoms with Crippen LogP contribution in [0, 0.1) is 19.3 Å². The van der Waals surface area contributed by atoms with Crippen LogP contribution in [-0.2, 0) is 18.9 Å². The van der Waals surface area contributed by atoms with E-state index in [4.69, 9.17) is 31.1 Å². The highest BCUT2D eigenvalue weighted by Crippen LogP contribution is 2.33. The van der Waals surface area contributed by atoms with Gasteiger partial charge in [-0.05, 0) is 6.92 Å². The first kappa shape index (κ1) is 17.4. The van der Waals surface area contributed by atoms with Crippen molar-refractivity contribution >= 4 is 5.82 Å². The van der Waals surface area contributed by atoms with Crippen LogP contribution < -0.4 is 11.4 Å². The molecule has 1 aromatic rings. The number of rotatable bonds is 6. The number of nitrogens with zero attached hydrogens (tertiary/aromatic N) is 2. The van der Waals surface area contributed by atoms with Crippen molar-refractivity contribution in [1.82, 2.24) is 9.55 Å². The quantitative estimate of drug-likeness (QED) is 0.718. The Morgan fingerprint density at radius 3 is 2.83 bits per heavy atom. The van der Waals surface area contributed by atoms with Crippen LogP contribution in [0.5, 0.6) is 0 Å². The van der Waals surface area contributed by atoms with Crippen molar-refractivity contribution < 1.29 is 18.9 Å². The minimum Gasteiger partial charge on any atom is -0.383 e. The molecule has 0 saturated carbocycles. The van der Waals surface area contributed by atoms with E-state index in [-0.39, 0.29) is 12.4 Å². The van der Waals surface area contributed by atoms with Crippen LogP contribution in [0.25, 0.3) is 0 Å². The van der Waals surface area contributed by atoms with Gasteiger partial charge < -0.3 is 24.7 Å². The number of aryl methyl sites for hydroxylation is 1. The monoisotopic (exact) mass is 323 g/mol. The van der Waals surface area contributed by atoms with Gasteiger partial charge >= 0.3 is 5.69 Å². The Balaban J connectivity index is 2.39. The molecule has 23 heavy (non-hydrogen) atoms. The maximum absolute atomic E-state index is 12.2. The van der Waals surface area contributed by atoms with E-state index < -0.39 is 30.2 Å². The lowest BCUT2D eigenvalue weighted by molar-refractivity contribution is -0.0710. The van der Waals surface area contributed by atoms with Gasteiger partial charge in [0.1, 0.15) is 30.7 Å². The summed E-state index contributed by atoms with van der Waals surface area (Å²) in [5.41, 5.74) is 5.80. The second-order valence-electron chi connectivity index (χ2n) is 5.20. The summed E-state index contributed by atoms with van der Waals surface area (Å²) in [5.74, 6) is 2.59. The molecule has 2 rings (SSSR count). The van der Waals surface area contributed by atoms with Crippen molar-refractivity contribution in [3.63, 3.8) is 0 Å². The van der Waals surface area contributed by atoms with Crippen LogP contribution in [0.1, 0.15) is 11.8 Å². The van der Waals surface area contributed by atoms with E-state index in [1.807, 2.05) is 0 Å². The van der Waals surface area contributed by atoms with E-state index in [9.17, 15) is 4.79 Å². The predicted octanol–water partition coefficient (Wildman–Crippen LogP) is -0.289. The molecule has 0 bridgehead atoms. The molecule has 4 atom stereocenters. The van der Waals surface area contributed by atoms with E-state index in [1.165, 1.54) is 4.57 Å². The van der Waals surface area contributed by atoms with E-state index >= 15 is 0 Å². The molecule has 0 radical (unpaired) electrons. The highest BCUT2D eigenvalue weighted by molar-refractivity contribution is 5.35. The van der Waals surface area contributed by atoms with E-state index in [0.717, 1.165) is 0 Å². The molecule has 4 unspecified atom stereocenters. The Morgan fingerprint density at radius 1 is 1.48 bits per heavy atom. The zero-order valence-electron chi connectivity index (χ0n) is 13.4. The van der Waals surface area contributed by atoms with Crippen molar-refractivity contribution in [2.24, 2.45) is 0 Å². The number of ether oxygens (including phenoxy) is 4. The van der Waals surface area contributed by atoms with Crippen LogP contribution in [0.2, 0.25) is 0 Å². The Kier molecular flexibility index (Phi) is 5.74. The standard InChI is InChI=1S/C15H21N3O5/c1-5-6-22-12-11(21-4)10(8-20-3)23-14(12)18-7-9(2)13(16)17-15(18)19/h1,7,10-12,14H,6,8H2,2-4H3,(H2,16,17,19). The molecule has 0 aromatic carbocycles. The number of terminal acetylenes is 1. The lowest BCUT2D eigenvalue weighted by atomic mass is 10.1. The minimum atomic E-state index is -0.729. The number of hydrogen-bond donors (Lipinski definition) is 1. The van der Waals surface area contributed by atoms with E-state index in [1.54, 1.807) is 27.3 Å². The van der Waals surface area contributed by atoms with Crippen molar-refractivity contribution in [2.75, 3.05) is 33.2 Å². The van der Waals surface area contributed by atoms with Gasteiger partial charge in [-0.1, -0.05) is 5.92 Å². The molecule has 1 aliphatic rings. The van der Waals surface area contributed by atoms with E-state index in [0.29, 0.717) is 12.2 Å². The summed E-state index contributed by atoms with van der Waals surface area (Å²) in [6.45, 7) is 2.12. The Hall–Kier alpha value is -1.92. The topological polar surface area (TPSA) is 97.8 Å². The van der Waals surface area contributed by atoms with Crippen molar-refractivity contribution in [2.45, 2.75) is 31.5 Å². The second-order valence-corrected chi connectivity index (χ2v) is 5.20. The number of hydrogen-bond acceptors (Lipinski definition) is 7. The molecule has 1 aromatic heterocycles. The maximum Gasteiger partial charge on any atom is 0.351 e. The van der Waals surface area contributed by atoms with Gasteiger partial charge in [-0.3, -0.25) is 4.57 Å². The van der Waals surface area contributed by atoms with Crippen molar-refractivity contribution in [3.8, 4) is 12.3 Å². The molecule has 1 aliphatic heterocycles. The number of nitrogen functional groups attached to an aromatic ring is 1. The number of methoxy groups -OCH3 is 2. The molecule has 2 N–H and O–H groups in total. The first-order valence-corrected chi connectivity index (χ1v) is 7.11. The fourth-order valence-corrected chi connectivity index (χ4v) is 2.60. The summed E-state index contributed by atoms with van der Waals surface area (Å²) < 4.78 is 23.5. The third-order valence-corrected chi connectivity index (χ3v) is 3.70. The van der Waals surface area contributed by atoms with Crippen LogP contribution >= 0.6 is 0 Å². The van der Waals surface area contributed by atoms with E-state index in [2.05, 4.69) is 10.9 Å². The zero-order chi connectivity index (χ0) is 17.0. The summed E-state index contributed by atoms with van der Waals surface area (Å²) in [6.07, 6.45) is 4.72. The van der Waals surface area contributed by atoms with Gasteiger partial charge in [-0.15, -0.1) is 6.42 Å². The lowest BCUT2D eigenvalue weighted by Crippen LogP contribution is -2.39. The molecular weight excluding hydrogens is 302 g/mol. The summed E-state index contributed by atoms with van der Waals surface area (Å²) in [7, 11) is 3.10. The second kappa shape index (κ2) is 7.57. The summed E-state index contributed by atoms with van der Waals surface area (Å²) in [5, 5.41) is 0. The SMILES string of the molecule is C#CCOC1C(OC)C(COC)OC1n1cc(C)c(N)nc1=O. The molecular formula is C15H21N3O5. The van der Waals surface area contributed by atoms with Gasteiger partial charge in [-0.2, -0.15) is 4.98 Å². The first-order valence-electron chi connectivity index (χ1n) is 7.11. The Morgan fingerprint density at radius 2 is 2.22 bits per heavy atom. The highest BCUT2D eigenvalue weighted by atomic mass is 16.6.